The van der Waals surface area contributed by atoms with Gasteiger partial charge in [0.2, 0.25) is 0 Å². The van der Waals surface area contributed by atoms with E-state index in [2.05, 4.69) is 267 Å². The molecule has 12 aromatic carbocycles. The van der Waals surface area contributed by atoms with Crippen LogP contribution in [0, 0.1) is 0 Å². The first kappa shape index (κ1) is 39.0. The van der Waals surface area contributed by atoms with Crippen LogP contribution in [0.2, 0.25) is 0 Å². The van der Waals surface area contributed by atoms with E-state index in [1.165, 1.54) is 115 Å². The minimum absolute atomic E-state index is 1.16. The zero-order chi connectivity index (χ0) is 43.8. The van der Waals surface area contributed by atoms with E-state index >= 15 is 0 Å². The first-order valence-corrected chi connectivity index (χ1v) is 22.8. The Morgan fingerprint density at radius 3 is 1.02 bits per heavy atom. The van der Waals surface area contributed by atoms with Crippen LogP contribution in [-0.2, 0) is 0 Å². The summed E-state index contributed by atoms with van der Waals surface area (Å²) < 4.78 is 0. The smallest absolute Gasteiger partial charge is 0.00139 e. The molecule has 0 amide bonds. The van der Waals surface area contributed by atoms with Crippen molar-refractivity contribution >= 4 is 54.7 Å². The fourth-order valence-corrected chi connectivity index (χ4v) is 10.3. The molecular weight excluding hydrogens is 793 g/mol. The fourth-order valence-electron chi connectivity index (χ4n) is 10.3. The molecule has 0 unspecified atom stereocenters. The van der Waals surface area contributed by atoms with Crippen molar-refractivity contribution in [3.05, 3.63) is 278 Å². The third-order valence-corrected chi connectivity index (χ3v) is 13.3. The molecule has 0 fully saturated rings. The molecule has 0 aliphatic heterocycles. The van der Waals surface area contributed by atoms with E-state index in [9.17, 15) is 0 Å². The maximum absolute atomic E-state index is 2.38. The van der Waals surface area contributed by atoms with Crippen molar-refractivity contribution < 1.29 is 0 Å². The van der Waals surface area contributed by atoms with Gasteiger partial charge in [0.05, 0.1) is 0 Å². The highest BCUT2D eigenvalue weighted by atomic mass is 14.3. The molecule has 0 spiro atoms. The molecule has 12 aromatic rings. The molecule has 0 aromatic heterocycles. The molecule has 0 radical (unpaired) electrons. The van der Waals surface area contributed by atoms with Gasteiger partial charge in [-0.05, 0) is 133 Å². The number of hydrogen-bond acceptors (Lipinski definition) is 0. The standard InChI is InChI=1S/C66H44/c1-5-21-46(22-6-1)51-41-42-60(62(44-51)49-27-11-4-12-28-49)64-54-31-15-19-35-58(54)66(59-36-20-16-32-55(59)64)65-56-33-17-13-29-52(56)63(53-30-14-18-34-57(53)65)50-39-37-45(38-40-50)43-61(47-23-7-2-8-24-47)48-25-9-3-10-26-48/h1-44H. The molecule has 0 saturated carbocycles. The van der Waals surface area contributed by atoms with Crippen LogP contribution < -0.4 is 0 Å². The lowest BCUT2D eigenvalue weighted by Crippen LogP contribution is -1.95. The van der Waals surface area contributed by atoms with Gasteiger partial charge >= 0.3 is 0 Å². The Morgan fingerprint density at radius 1 is 0.227 bits per heavy atom. The Kier molecular flexibility index (Phi) is 9.97. The van der Waals surface area contributed by atoms with Crippen LogP contribution in [-0.4, -0.2) is 0 Å². The quantitative estimate of drug-likeness (QED) is 0.106. The topological polar surface area (TPSA) is 0 Å². The van der Waals surface area contributed by atoms with Crippen molar-refractivity contribution in [2.75, 3.05) is 0 Å². The van der Waals surface area contributed by atoms with Gasteiger partial charge in [0.1, 0.15) is 0 Å². The van der Waals surface area contributed by atoms with Crippen molar-refractivity contribution in [2.45, 2.75) is 0 Å². The van der Waals surface area contributed by atoms with Gasteiger partial charge in [-0.25, -0.2) is 0 Å². The molecule has 0 N–H and O–H groups in total. The van der Waals surface area contributed by atoms with Crippen molar-refractivity contribution in [1.82, 2.24) is 0 Å². The number of fused-ring (bicyclic) bond motifs is 4. The second kappa shape index (κ2) is 16.8. The normalized spacial score (nSPS) is 11.3. The summed E-state index contributed by atoms with van der Waals surface area (Å²) in [5, 5.41) is 9.92. The van der Waals surface area contributed by atoms with Crippen LogP contribution in [0.15, 0.2) is 261 Å². The Morgan fingerprint density at radius 2 is 0.576 bits per heavy atom. The van der Waals surface area contributed by atoms with E-state index in [4.69, 9.17) is 0 Å². The van der Waals surface area contributed by atoms with E-state index in [0.29, 0.717) is 0 Å². The average Bonchev–Trinajstić information content (AvgIpc) is 3.40. The predicted octanol–water partition coefficient (Wildman–Crippen LogP) is 18.2. The van der Waals surface area contributed by atoms with Gasteiger partial charge in [0.15, 0.2) is 0 Å². The van der Waals surface area contributed by atoms with E-state index in [1.807, 2.05) is 0 Å². The van der Waals surface area contributed by atoms with Gasteiger partial charge in [0, 0.05) is 0 Å². The Bertz CT molecular complexity index is 3600. The summed E-state index contributed by atoms with van der Waals surface area (Å²) in [6.07, 6.45) is 2.31. The van der Waals surface area contributed by atoms with Gasteiger partial charge in [-0.2, -0.15) is 0 Å². The molecule has 0 heteroatoms. The zero-order valence-electron chi connectivity index (χ0n) is 36.4. The molecule has 0 heterocycles. The molecule has 0 atom stereocenters. The fraction of sp³-hybridized carbons (Fsp3) is 0. The third kappa shape index (κ3) is 6.88. The van der Waals surface area contributed by atoms with Crippen molar-refractivity contribution in [3.63, 3.8) is 0 Å². The zero-order valence-corrected chi connectivity index (χ0v) is 36.4. The van der Waals surface area contributed by atoms with E-state index in [-0.39, 0.29) is 0 Å². The van der Waals surface area contributed by atoms with Crippen molar-refractivity contribution in [3.8, 4) is 55.6 Å². The highest BCUT2D eigenvalue weighted by Crippen LogP contribution is 2.51. The molecule has 66 heavy (non-hydrogen) atoms. The maximum Gasteiger partial charge on any atom is -0.00139 e. The lowest BCUT2D eigenvalue weighted by atomic mass is 9.80. The van der Waals surface area contributed by atoms with Crippen LogP contribution in [0.1, 0.15) is 16.7 Å². The molecular formula is C66H44. The Hall–Kier alpha value is -8.58. The van der Waals surface area contributed by atoms with E-state index in [0.717, 1.165) is 5.56 Å². The first-order valence-electron chi connectivity index (χ1n) is 22.8. The summed E-state index contributed by atoms with van der Waals surface area (Å²) in [6, 6.07) is 95.4. The highest BCUT2D eigenvalue weighted by molar-refractivity contribution is 6.30. The van der Waals surface area contributed by atoms with Crippen LogP contribution in [0.25, 0.3) is 110 Å². The second-order valence-electron chi connectivity index (χ2n) is 17.1. The van der Waals surface area contributed by atoms with Crippen LogP contribution in [0.4, 0.5) is 0 Å². The molecule has 0 saturated heterocycles. The number of hydrogen-bond donors (Lipinski definition) is 0. The van der Waals surface area contributed by atoms with Gasteiger partial charge < -0.3 is 0 Å². The molecule has 0 aliphatic rings. The summed E-state index contributed by atoms with van der Waals surface area (Å²) in [5.74, 6) is 0. The summed E-state index contributed by atoms with van der Waals surface area (Å²) >= 11 is 0. The third-order valence-electron chi connectivity index (χ3n) is 13.3. The van der Waals surface area contributed by atoms with Crippen LogP contribution in [0.5, 0.6) is 0 Å². The van der Waals surface area contributed by atoms with Crippen LogP contribution >= 0.6 is 0 Å². The summed E-state index contributed by atoms with van der Waals surface area (Å²) in [6.45, 7) is 0. The first-order chi connectivity index (χ1) is 32.8. The van der Waals surface area contributed by atoms with Gasteiger partial charge in [-0.15, -0.1) is 0 Å². The summed E-state index contributed by atoms with van der Waals surface area (Å²) in [4.78, 5) is 0. The van der Waals surface area contributed by atoms with Crippen molar-refractivity contribution in [1.29, 1.82) is 0 Å². The highest BCUT2D eigenvalue weighted by Gasteiger charge is 2.23. The van der Waals surface area contributed by atoms with Crippen LogP contribution in [0.3, 0.4) is 0 Å². The maximum atomic E-state index is 2.38. The minimum Gasteiger partial charge on any atom is -0.0622 e. The number of rotatable bonds is 8. The van der Waals surface area contributed by atoms with Crippen molar-refractivity contribution in [2.24, 2.45) is 0 Å². The SMILES string of the molecule is C(=C(c1ccccc1)c1ccccc1)c1ccc(-c2c3ccccc3c(-c3c4ccccc4c(-c4ccc(-c5ccccc5)cc4-c4ccccc4)c4ccccc34)c3ccccc23)cc1. The molecule has 308 valence electrons. The predicted molar refractivity (Wildman–Crippen MR) is 284 cm³/mol. The lowest BCUT2D eigenvalue weighted by molar-refractivity contribution is 1.55. The molecule has 0 aliphatic carbocycles. The average molecular weight is 837 g/mol. The lowest BCUT2D eigenvalue weighted by Gasteiger charge is -2.23. The summed E-state index contributed by atoms with van der Waals surface area (Å²) in [7, 11) is 0. The Balaban J connectivity index is 1.08. The Labute approximate surface area is 386 Å². The van der Waals surface area contributed by atoms with E-state index < -0.39 is 0 Å². The molecule has 0 nitrogen and oxygen atoms in total. The number of benzene rings is 12. The monoisotopic (exact) mass is 836 g/mol. The summed E-state index contributed by atoms with van der Waals surface area (Å²) in [5.41, 5.74) is 17.1. The van der Waals surface area contributed by atoms with Gasteiger partial charge in [-0.1, -0.05) is 255 Å². The second-order valence-corrected chi connectivity index (χ2v) is 17.1. The van der Waals surface area contributed by atoms with Gasteiger partial charge in [-0.3, -0.25) is 0 Å². The van der Waals surface area contributed by atoms with E-state index in [1.54, 1.807) is 0 Å². The minimum atomic E-state index is 1.16. The molecule has 12 rings (SSSR count). The van der Waals surface area contributed by atoms with Gasteiger partial charge in [0.25, 0.3) is 0 Å². The largest absolute Gasteiger partial charge is 0.0622 e. The molecule has 0 bridgehead atoms.